The summed E-state index contributed by atoms with van der Waals surface area (Å²) in [6.07, 6.45) is 0. The van der Waals surface area contributed by atoms with Crippen LogP contribution in [0.2, 0.25) is 5.02 Å². The first-order chi connectivity index (χ1) is 9.33. The number of halogens is 1. The smallest absolute Gasteiger partial charge is 0.116 e. The van der Waals surface area contributed by atoms with Gasteiger partial charge in [0.2, 0.25) is 0 Å². The predicted molar refractivity (Wildman–Crippen MR) is 82.8 cm³/mol. The van der Waals surface area contributed by atoms with Crippen molar-refractivity contribution in [1.29, 1.82) is 0 Å². The lowest BCUT2D eigenvalue weighted by molar-refractivity contribution is 1.18. The van der Waals surface area contributed by atoms with E-state index in [1.54, 1.807) is 11.8 Å². The van der Waals surface area contributed by atoms with Gasteiger partial charge in [-0.15, -0.1) is 11.8 Å². The molecule has 0 saturated heterocycles. The average molecular weight is 286 g/mol. The zero-order valence-corrected chi connectivity index (χ0v) is 11.8. The highest BCUT2D eigenvalue weighted by atomic mass is 35.5. The number of fused-ring (bicyclic) bond motifs is 1. The molecule has 19 heavy (non-hydrogen) atoms. The van der Waals surface area contributed by atoms with Gasteiger partial charge in [-0.2, -0.15) is 0 Å². The number of hydrogen-bond donors (Lipinski definition) is 0. The van der Waals surface area contributed by atoms with Crippen molar-refractivity contribution in [3.63, 3.8) is 0 Å². The maximum absolute atomic E-state index is 6.29. The molecule has 3 rings (SSSR count). The van der Waals surface area contributed by atoms with Gasteiger partial charge in [0.25, 0.3) is 0 Å². The van der Waals surface area contributed by atoms with E-state index in [2.05, 4.69) is 17.1 Å². The van der Waals surface area contributed by atoms with Crippen LogP contribution in [0, 0.1) is 0 Å². The number of para-hydroxylation sites is 1. The van der Waals surface area contributed by atoms with Crippen molar-refractivity contribution in [1.82, 2.24) is 4.98 Å². The van der Waals surface area contributed by atoms with Crippen molar-refractivity contribution in [2.24, 2.45) is 0 Å². The van der Waals surface area contributed by atoms with Crippen LogP contribution in [0.1, 0.15) is 5.56 Å². The van der Waals surface area contributed by atoms with E-state index in [0.29, 0.717) is 0 Å². The number of nitrogens with zero attached hydrogens (tertiary/aromatic N) is 1. The molecule has 0 N–H and O–H groups in total. The van der Waals surface area contributed by atoms with Crippen LogP contribution in [-0.4, -0.2) is 4.98 Å². The van der Waals surface area contributed by atoms with Crippen LogP contribution in [0.4, 0.5) is 0 Å². The molecule has 1 nitrogen and oxygen atoms in total. The van der Waals surface area contributed by atoms with Crippen molar-refractivity contribution in [2.45, 2.75) is 10.8 Å². The average Bonchev–Trinajstić information content (AvgIpc) is 2.46. The first kappa shape index (κ1) is 12.5. The molecule has 0 aliphatic carbocycles. The lowest BCUT2D eigenvalue weighted by Crippen LogP contribution is -1.86. The summed E-state index contributed by atoms with van der Waals surface area (Å²) in [5, 5.41) is 2.69. The Morgan fingerprint density at radius 1 is 0.947 bits per heavy atom. The first-order valence-electron chi connectivity index (χ1n) is 6.05. The molecular formula is C16H12ClNS. The molecule has 0 spiro atoms. The number of thioether (sulfide) groups is 1. The molecule has 2 aromatic carbocycles. The van der Waals surface area contributed by atoms with E-state index in [1.165, 1.54) is 5.56 Å². The molecule has 0 aliphatic rings. The molecule has 3 aromatic rings. The van der Waals surface area contributed by atoms with Crippen LogP contribution < -0.4 is 0 Å². The summed E-state index contributed by atoms with van der Waals surface area (Å²) in [5.74, 6) is 0.881. The fraction of sp³-hybridized carbons (Fsp3) is 0.0625. The van der Waals surface area contributed by atoms with Gasteiger partial charge in [-0.25, -0.2) is 4.98 Å². The van der Waals surface area contributed by atoms with Crippen molar-refractivity contribution in [2.75, 3.05) is 0 Å². The molecule has 3 heteroatoms. The normalized spacial score (nSPS) is 10.8. The Kier molecular flexibility index (Phi) is 3.72. The van der Waals surface area contributed by atoms with E-state index >= 15 is 0 Å². The standard InChI is InChI=1S/C16H12ClNS/c17-14-10-13-8-4-5-9-15(13)18-16(14)19-11-12-6-2-1-3-7-12/h1-10H,11H2. The molecule has 0 saturated carbocycles. The maximum atomic E-state index is 6.29. The van der Waals surface area contributed by atoms with Crippen molar-refractivity contribution in [3.05, 3.63) is 71.2 Å². The summed E-state index contributed by atoms with van der Waals surface area (Å²) in [4.78, 5) is 4.62. The van der Waals surface area contributed by atoms with Crippen LogP contribution in [0.5, 0.6) is 0 Å². The van der Waals surface area contributed by atoms with Gasteiger partial charge in [0.15, 0.2) is 0 Å². The van der Waals surface area contributed by atoms with Gasteiger partial charge in [-0.05, 0) is 17.7 Å². The van der Waals surface area contributed by atoms with Crippen LogP contribution in [0.3, 0.4) is 0 Å². The van der Waals surface area contributed by atoms with Crippen molar-refractivity contribution in [3.8, 4) is 0 Å². The number of hydrogen-bond acceptors (Lipinski definition) is 2. The summed E-state index contributed by atoms with van der Waals surface area (Å²) in [6, 6.07) is 20.4. The van der Waals surface area contributed by atoms with Gasteiger partial charge in [-0.1, -0.05) is 60.1 Å². The van der Waals surface area contributed by atoms with E-state index < -0.39 is 0 Å². The highest BCUT2D eigenvalue weighted by Crippen LogP contribution is 2.30. The van der Waals surface area contributed by atoms with E-state index in [4.69, 9.17) is 11.6 Å². The summed E-state index contributed by atoms with van der Waals surface area (Å²) in [5.41, 5.74) is 2.26. The number of aromatic nitrogens is 1. The van der Waals surface area contributed by atoms with Crippen molar-refractivity contribution < 1.29 is 0 Å². The summed E-state index contributed by atoms with van der Waals surface area (Å²) >= 11 is 7.96. The van der Waals surface area contributed by atoms with E-state index in [0.717, 1.165) is 26.7 Å². The molecule has 1 heterocycles. The number of rotatable bonds is 3. The van der Waals surface area contributed by atoms with Crippen LogP contribution in [0.25, 0.3) is 10.9 Å². The largest absolute Gasteiger partial charge is 0.240 e. The van der Waals surface area contributed by atoms with Gasteiger partial charge in [0.1, 0.15) is 5.03 Å². The monoisotopic (exact) mass is 285 g/mol. The Bertz CT molecular complexity index is 697. The molecule has 0 unspecified atom stereocenters. The second-order valence-corrected chi connectivity index (χ2v) is 5.61. The number of pyridine rings is 1. The third-order valence-corrected chi connectivity index (χ3v) is 4.33. The molecule has 0 atom stereocenters. The summed E-state index contributed by atoms with van der Waals surface area (Å²) < 4.78 is 0. The fourth-order valence-electron chi connectivity index (χ4n) is 1.90. The zero-order chi connectivity index (χ0) is 13.1. The van der Waals surface area contributed by atoms with Gasteiger partial charge in [0.05, 0.1) is 10.5 Å². The van der Waals surface area contributed by atoms with Gasteiger partial charge in [-0.3, -0.25) is 0 Å². The lowest BCUT2D eigenvalue weighted by atomic mass is 10.2. The molecule has 0 bridgehead atoms. The van der Waals surface area contributed by atoms with E-state index in [-0.39, 0.29) is 0 Å². The Labute approximate surface area is 121 Å². The second kappa shape index (κ2) is 5.64. The van der Waals surface area contributed by atoms with Gasteiger partial charge in [0, 0.05) is 11.1 Å². The molecule has 1 aromatic heterocycles. The Morgan fingerprint density at radius 2 is 1.68 bits per heavy atom. The van der Waals surface area contributed by atoms with E-state index in [9.17, 15) is 0 Å². The molecule has 0 fully saturated rings. The molecule has 0 aliphatic heterocycles. The summed E-state index contributed by atoms with van der Waals surface area (Å²) in [7, 11) is 0. The molecule has 0 radical (unpaired) electrons. The third kappa shape index (κ3) is 2.91. The first-order valence-corrected chi connectivity index (χ1v) is 7.41. The second-order valence-electron chi connectivity index (χ2n) is 4.24. The fourth-order valence-corrected chi connectivity index (χ4v) is 3.08. The maximum Gasteiger partial charge on any atom is 0.116 e. The minimum absolute atomic E-state index is 0.722. The Morgan fingerprint density at radius 3 is 2.53 bits per heavy atom. The highest BCUT2D eigenvalue weighted by molar-refractivity contribution is 7.98. The molecule has 94 valence electrons. The molecular weight excluding hydrogens is 274 g/mol. The SMILES string of the molecule is Clc1cc2ccccc2nc1SCc1ccccc1. The Balaban J connectivity index is 1.86. The van der Waals surface area contributed by atoms with Crippen LogP contribution in [-0.2, 0) is 5.75 Å². The van der Waals surface area contributed by atoms with E-state index in [1.807, 2.05) is 48.5 Å². The third-order valence-electron chi connectivity index (χ3n) is 2.86. The summed E-state index contributed by atoms with van der Waals surface area (Å²) in [6.45, 7) is 0. The lowest BCUT2D eigenvalue weighted by Gasteiger charge is -2.05. The van der Waals surface area contributed by atoms with Crippen LogP contribution >= 0.6 is 23.4 Å². The minimum Gasteiger partial charge on any atom is -0.240 e. The quantitative estimate of drug-likeness (QED) is 0.615. The minimum atomic E-state index is 0.722. The molecule has 0 amide bonds. The zero-order valence-electron chi connectivity index (χ0n) is 10.2. The van der Waals surface area contributed by atoms with Gasteiger partial charge < -0.3 is 0 Å². The number of benzene rings is 2. The topological polar surface area (TPSA) is 12.9 Å². The van der Waals surface area contributed by atoms with Gasteiger partial charge >= 0.3 is 0 Å². The predicted octanol–water partition coefficient (Wildman–Crippen LogP) is 5.18. The highest BCUT2D eigenvalue weighted by Gasteiger charge is 2.05. The van der Waals surface area contributed by atoms with Crippen molar-refractivity contribution >= 4 is 34.3 Å². The Hall–Kier alpha value is -1.51. The van der Waals surface area contributed by atoms with Crippen LogP contribution in [0.15, 0.2) is 65.7 Å².